The second-order valence-electron chi connectivity index (χ2n) is 6.96. The summed E-state index contributed by atoms with van der Waals surface area (Å²) in [6.45, 7) is 6.16. The first kappa shape index (κ1) is 23.8. The zero-order valence-corrected chi connectivity index (χ0v) is 20.7. The zero-order chi connectivity index (χ0) is 23.3. The summed E-state index contributed by atoms with van der Waals surface area (Å²) in [4.78, 5) is 26.1. The van der Waals surface area contributed by atoms with Crippen LogP contribution in [0.25, 0.3) is 11.1 Å². The molecule has 8 heteroatoms. The number of esters is 1. The number of thiophene rings is 1. The van der Waals surface area contributed by atoms with Gasteiger partial charge in [0.25, 0.3) is 5.91 Å². The summed E-state index contributed by atoms with van der Waals surface area (Å²) >= 11 is 4.75. The lowest BCUT2D eigenvalue weighted by molar-refractivity contribution is -0.118. The predicted molar refractivity (Wildman–Crippen MR) is 130 cm³/mol. The first-order chi connectivity index (χ1) is 15.3. The minimum Gasteiger partial charge on any atom is -0.494 e. The van der Waals surface area contributed by atoms with E-state index < -0.39 is 5.97 Å². The number of halogens is 1. The Hall–Kier alpha value is -2.84. The maximum Gasteiger partial charge on any atom is 0.341 e. The van der Waals surface area contributed by atoms with Crippen LogP contribution in [0.5, 0.6) is 11.5 Å². The number of aryl methyl sites for hydroxylation is 2. The number of hydrogen-bond donors (Lipinski definition) is 1. The van der Waals surface area contributed by atoms with Crippen LogP contribution in [0.15, 0.2) is 46.9 Å². The second-order valence-corrected chi connectivity index (χ2v) is 9.04. The Morgan fingerprint density at radius 3 is 2.41 bits per heavy atom. The van der Waals surface area contributed by atoms with Crippen molar-refractivity contribution in [2.24, 2.45) is 0 Å². The van der Waals surface area contributed by atoms with Crippen molar-refractivity contribution in [3.05, 3.63) is 62.9 Å². The average molecular weight is 518 g/mol. The van der Waals surface area contributed by atoms with Crippen molar-refractivity contribution in [1.29, 1.82) is 0 Å². The van der Waals surface area contributed by atoms with E-state index in [1.165, 1.54) is 18.4 Å². The summed E-state index contributed by atoms with van der Waals surface area (Å²) < 4.78 is 16.9. The lowest BCUT2D eigenvalue weighted by Crippen LogP contribution is -2.21. The fraction of sp³-hybridized carbons (Fsp3) is 0.250. The summed E-state index contributed by atoms with van der Waals surface area (Å²) in [6.07, 6.45) is 0. The molecule has 3 aromatic rings. The van der Waals surface area contributed by atoms with Gasteiger partial charge in [0.05, 0.1) is 18.2 Å². The zero-order valence-electron chi connectivity index (χ0n) is 18.3. The van der Waals surface area contributed by atoms with Gasteiger partial charge < -0.3 is 19.5 Å². The Morgan fingerprint density at radius 2 is 1.78 bits per heavy atom. The second kappa shape index (κ2) is 10.7. The van der Waals surface area contributed by atoms with Crippen LogP contribution in [0.3, 0.4) is 0 Å². The minimum absolute atomic E-state index is 0.197. The Balaban J connectivity index is 1.83. The van der Waals surface area contributed by atoms with E-state index in [2.05, 4.69) is 21.2 Å². The molecule has 1 amide bonds. The predicted octanol–water partition coefficient (Wildman–Crippen LogP) is 6.00. The van der Waals surface area contributed by atoms with Gasteiger partial charge in [-0.3, -0.25) is 4.79 Å². The molecule has 0 aliphatic rings. The number of anilines is 1. The van der Waals surface area contributed by atoms with E-state index in [4.69, 9.17) is 14.2 Å². The molecule has 0 unspecified atom stereocenters. The molecule has 0 spiro atoms. The van der Waals surface area contributed by atoms with E-state index in [-0.39, 0.29) is 12.5 Å². The fourth-order valence-electron chi connectivity index (χ4n) is 3.19. The Bertz CT molecular complexity index is 1120. The number of rotatable bonds is 8. The van der Waals surface area contributed by atoms with Crippen LogP contribution in [0.1, 0.15) is 27.7 Å². The third-order valence-corrected chi connectivity index (χ3v) is 6.27. The van der Waals surface area contributed by atoms with E-state index in [1.807, 2.05) is 57.2 Å². The largest absolute Gasteiger partial charge is 0.494 e. The molecule has 0 radical (unpaired) electrons. The van der Waals surface area contributed by atoms with Gasteiger partial charge in [0.2, 0.25) is 0 Å². The summed E-state index contributed by atoms with van der Waals surface area (Å²) in [7, 11) is 1.32. The molecule has 0 aliphatic heterocycles. The molecule has 1 aromatic heterocycles. The lowest BCUT2D eigenvalue weighted by atomic mass is 10.0. The highest BCUT2D eigenvalue weighted by molar-refractivity contribution is 9.10. The third-order valence-electron chi connectivity index (χ3n) is 4.63. The van der Waals surface area contributed by atoms with Crippen molar-refractivity contribution in [3.63, 3.8) is 0 Å². The van der Waals surface area contributed by atoms with Crippen LogP contribution in [0.4, 0.5) is 5.00 Å². The summed E-state index contributed by atoms with van der Waals surface area (Å²) in [5, 5.41) is 3.23. The number of amides is 1. The molecule has 0 bridgehead atoms. The molecule has 0 atom stereocenters. The Morgan fingerprint density at radius 1 is 1.06 bits per heavy atom. The number of nitrogens with one attached hydrogen (secondary N) is 1. The van der Waals surface area contributed by atoms with E-state index in [1.54, 1.807) is 6.07 Å². The first-order valence-electron chi connectivity index (χ1n) is 9.97. The molecule has 0 saturated carbocycles. The molecule has 1 heterocycles. The molecule has 0 fully saturated rings. The molecule has 0 aliphatic carbocycles. The number of benzene rings is 2. The number of carbonyl (C=O) groups excluding carboxylic acids is 2. The molecular formula is C24H24BrNO5S. The van der Waals surface area contributed by atoms with Gasteiger partial charge in [-0.25, -0.2) is 4.79 Å². The van der Waals surface area contributed by atoms with Crippen LogP contribution in [0, 0.1) is 13.8 Å². The molecule has 0 saturated heterocycles. The van der Waals surface area contributed by atoms with Gasteiger partial charge in [0.15, 0.2) is 6.61 Å². The van der Waals surface area contributed by atoms with Crippen molar-refractivity contribution in [2.45, 2.75) is 20.8 Å². The summed E-state index contributed by atoms with van der Waals surface area (Å²) in [5.41, 5.74) is 2.96. The number of ether oxygens (including phenoxy) is 3. The summed E-state index contributed by atoms with van der Waals surface area (Å²) in [6, 6.07) is 13.1. The van der Waals surface area contributed by atoms with Gasteiger partial charge in [-0.05, 0) is 72.1 Å². The number of methoxy groups -OCH3 is 1. The van der Waals surface area contributed by atoms with Crippen LogP contribution >= 0.6 is 27.3 Å². The van der Waals surface area contributed by atoms with Crippen LogP contribution in [-0.2, 0) is 9.53 Å². The van der Waals surface area contributed by atoms with Gasteiger partial charge in [0, 0.05) is 10.4 Å². The van der Waals surface area contributed by atoms with E-state index in [0.717, 1.165) is 31.8 Å². The smallest absolute Gasteiger partial charge is 0.341 e. The molecular weight excluding hydrogens is 494 g/mol. The monoisotopic (exact) mass is 517 g/mol. The summed E-state index contributed by atoms with van der Waals surface area (Å²) in [5.74, 6) is 0.422. The van der Waals surface area contributed by atoms with E-state index in [9.17, 15) is 9.59 Å². The topological polar surface area (TPSA) is 73.9 Å². The number of carbonyl (C=O) groups is 2. The first-order valence-corrected chi connectivity index (χ1v) is 11.6. The molecule has 168 valence electrons. The molecule has 2 aromatic carbocycles. The SMILES string of the molecule is CCOc1ccc(-c2c(C)sc(NC(=O)COc3ccc(C)cc3Br)c2C(=O)OC)cc1. The minimum atomic E-state index is -0.518. The van der Waals surface area contributed by atoms with Crippen LogP contribution < -0.4 is 14.8 Å². The highest BCUT2D eigenvalue weighted by atomic mass is 79.9. The van der Waals surface area contributed by atoms with Gasteiger partial charge >= 0.3 is 5.97 Å². The van der Waals surface area contributed by atoms with Gasteiger partial charge in [0.1, 0.15) is 22.1 Å². The van der Waals surface area contributed by atoms with Crippen molar-refractivity contribution in [2.75, 3.05) is 25.6 Å². The average Bonchev–Trinajstić information content (AvgIpc) is 3.08. The highest BCUT2D eigenvalue weighted by Gasteiger charge is 2.25. The maximum atomic E-state index is 12.6. The van der Waals surface area contributed by atoms with Crippen molar-refractivity contribution in [3.8, 4) is 22.6 Å². The van der Waals surface area contributed by atoms with E-state index in [0.29, 0.717) is 22.9 Å². The van der Waals surface area contributed by atoms with Crippen molar-refractivity contribution >= 4 is 44.1 Å². The standard InChI is InChI=1S/C24H24BrNO5S/c1-5-30-17-9-7-16(8-10-17)21-15(3)32-23(22(21)24(28)29-4)26-20(27)13-31-19-11-6-14(2)12-18(19)25/h6-12H,5,13H2,1-4H3,(H,26,27). The third kappa shape index (κ3) is 5.49. The van der Waals surface area contributed by atoms with Gasteiger partial charge in [-0.1, -0.05) is 18.2 Å². The number of hydrogen-bond acceptors (Lipinski definition) is 6. The molecule has 6 nitrogen and oxygen atoms in total. The fourth-order valence-corrected chi connectivity index (χ4v) is 4.88. The van der Waals surface area contributed by atoms with Gasteiger partial charge in [-0.2, -0.15) is 0 Å². The molecule has 3 rings (SSSR count). The molecule has 32 heavy (non-hydrogen) atoms. The van der Waals surface area contributed by atoms with Crippen LogP contribution in [-0.4, -0.2) is 32.2 Å². The quantitative estimate of drug-likeness (QED) is 0.371. The Labute approximate surface area is 199 Å². The molecule has 1 N–H and O–H groups in total. The normalized spacial score (nSPS) is 10.5. The van der Waals surface area contributed by atoms with Crippen molar-refractivity contribution in [1.82, 2.24) is 0 Å². The van der Waals surface area contributed by atoms with Crippen LogP contribution in [0.2, 0.25) is 0 Å². The van der Waals surface area contributed by atoms with E-state index >= 15 is 0 Å². The highest BCUT2D eigenvalue weighted by Crippen LogP contribution is 2.40. The van der Waals surface area contributed by atoms with Crippen molar-refractivity contribution < 1.29 is 23.8 Å². The van der Waals surface area contributed by atoms with Gasteiger partial charge in [-0.15, -0.1) is 11.3 Å². The Kier molecular flexibility index (Phi) is 7.93. The maximum absolute atomic E-state index is 12.6. The lowest BCUT2D eigenvalue weighted by Gasteiger charge is -2.10.